The SMILES string of the molecule is CCNC(=NCCN(C(C)C)C(C)C)NCCc1ccc(NC(C)=O)cc1. The van der Waals surface area contributed by atoms with Gasteiger partial charge in [-0.2, -0.15) is 0 Å². The van der Waals surface area contributed by atoms with Crippen molar-refractivity contribution < 1.29 is 4.79 Å². The van der Waals surface area contributed by atoms with Gasteiger partial charge in [0.2, 0.25) is 5.91 Å². The average molecular weight is 376 g/mol. The molecule has 0 aliphatic carbocycles. The van der Waals surface area contributed by atoms with Crippen molar-refractivity contribution in [2.24, 2.45) is 4.99 Å². The minimum Gasteiger partial charge on any atom is -0.357 e. The van der Waals surface area contributed by atoms with Gasteiger partial charge >= 0.3 is 0 Å². The van der Waals surface area contributed by atoms with Gasteiger partial charge in [0, 0.05) is 44.3 Å². The highest BCUT2D eigenvalue weighted by Crippen LogP contribution is 2.09. The number of amides is 1. The predicted octanol–water partition coefficient (Wildman–Crippen LogP) is 2.86. The number of hydrogen-bond acceptors (Lipinski definition) is 3. The highest BCUT2D eigenvalue weighted by molar-refractivity contribution is 5.88. The summed E-state index contributed by atoms with van der Waals surface area (Å²) in [4.78, 5) is 18.2. The third-order valence-electron chi connectivity index (χ3n) is 4.28. The maximum atomic E-state index is 11.1. The van der Waals surface area contributed by atoms with Gasteiger partial charge in [-0.25, -0.2) is 0 Å². The highest BCUT2D eigenvalue weighted by Gasteiger charge is 2.12. The summed E-state index contributed by atoms with van der Waals surface area (Å²) in [5.74, 6) is 0.809. The molecule has 6 nitrogen and oxygen atoms in total. The van der Waals surface area contributed by atoms with Crippen LogP contribution in [0.4, 0.5) is 5.69 Å². The second-order valence-corrected chi connectivity index (χ2v) is 7.24. The number of rotatable bonds is 10. The third kappa shape index (κ3) is 9.43. The third-order valence-corrected chi connectivity index (χ3v) is 4.28. The van der Waals surface area contributed by atoms with E-state index in [4.69, 9.17) is 4.99 Å². The minimum atomic E-state index is -0.0515. The number of anilines is 1. The van der Waals surface area contributed by atoms with Crippen molar-refractivity contribution >= 4 is 17.6 Å². The first kappa shape index (κ1) is 23.0. The molecule has 1 amide bonds. The molecule has 1 aromatic rings. The average Bonchev–Trinajstić information content (AvgIpc) is 2.59. The Labute approximate surface area is 164 Å². The number of nitrogens with zero attached hydrogens (tertiary/aromatic N) is 2. The Kier molecular flexibility index (Phi) is 10.5. The summed E-state index contributed by atoms with van der Waals surface area (Å²) < 4.78 is 0. The van der Waals surface area contributed by atoms with E-state index >= 15 is 0 Å². The standard InChI is InChI=1S/C21H37N5O/c1-7-22-21(24-14-15-26(16(2)3)17(4)5)23-13-12-19-8-10-20(11-9-19)25-18(6)27/h8-11,16-17H,7,12-15H2,1-6H3,(H,25,27)(H2,22,23,24). The van der Waals surface area contributed by atoms with Gasteiger partial charge in [0.05, 0.1) is 6.54 Å². The van der Waals surface area contributed by atoms with E-state index in [-0.39, 0.29) is 5.91 Å². The van der Waals surface area contributed by atoms with Crippen molar-refractivity contribution in [3.05, 3.63) is 29.8 Å². The van der Waals surface area contributed by atoms with Gasteiger partial charge in [-0.15, -0.1) is 0 Å². The van der Waals surface area contributed by atoms with Crippen molar-refractivity contribution in [1.29, 1.82) is 0 Å². The molecule has 0 fully saturated rings. The number of nitrogens with one attached hydrogen (secondary N) is 3. The first-order valence-electron chi connectivity index (χ1n) is 9.98. The summed E-state index contributed by atoms with van der Waals surface area (Å²) in [6, 6.07) is 9.00. The van der Waals surface area contributed by atoms with E-state index in [1.165, 1.54) is 12.5 Å². The normalized spacial score (nSPS) is 12.0. The number of benzene rings is 1. The number of guanidine groups is 1. The van der Waals surface area contributed by atoms with Crippen molar-refractivity contribution in [3.8, 4) is 0 Å². The Morgan fingerprint density at radius 3 is 2.22 bits per heavy atom. The van der Waals surface area contributed by atoms with E-state index in [2.05, 4.69) is 55.5 Å². The van der Waals surface area contributed by atoms with Crippen molar-refractivity contribution in [1.82, 2.24) is 15.5 Å². The number of carbonyl (C=O) groups is 1. The van der Waals surface area contributed by atoms with E-state index in [0.717, 1.165) is 44.2 Å². The summed E-state index contributed by atoms with van der Waals surface area (Å²) in [5, 5.41) is 9.49. The van der Waals surface area contributed by atoms with Crippen LogP contribution in [0.25, 0.3) is 0 Å². The quantitative estimate of drug-likeness (QED) is 0.434. The van der Waals surface area contributed by atoms with Gasteiger partial charge in [0.1, 0.15) is 0 Å². The lowest BCUT2D eigenvalue weighted by atomic mass is 10.1. The summed E-state index contributed by atoms with van der Waals surface area (Å²) in [5.41, 5.74) is 2.05. The largest absolute Gasteiger partial charge is 0.357 e. The van der Waals surface area contributed by atoms with Gasteiger partial charge in [-0.1, -0.05) is 12.1 Å². The van der Waals surface area contributed by atoms with Crippen LogP contribution < -0.4 is 16.0 Å². The Hall–Kier alpha value is -2.08. The fourth-order valence-corrected chi connectivity index (χ4v) is 3.01. The Morgan fingerprint density at radius 1 is 1.07 bits per heavy atom. The van der Waals surface area contributed by atoms with E-state index in [0.29, 0.717) is 12.1 Å². The monoisotopic (exact) mass is 375 g/mol. The summed E-state index contributed by atoms with van der Waals surface area (Å²) in [6.07, 6.45) is 0.898. The van der Waals surface area contributed by atoms with Gasteiger partial charge < -0.3 is 16.0 Å². The number of carbonyl (C=O) groups excluding carboxylic acids is 1. The zero-order chi connectivity index (χ0) is 20.2. The van der Waals surface area contributed by atoms with Crippen molar-refractivity contribution in [2.75, 3.05) is 31.5 Å². The van der Waals surface area contributed by atoms with E-state index in [9.17, 15) is 4.79 Å². The molecule has 0 aliphatic rings. The topological polar surface area (TPSA) is 68.8 Å². The van der Waals surface area contributed by atoms with Gasteiger partial charge in [-0.05, 0) is 58.7 Å². The van der Waals surface area contributed by atoms with Gasteiger partial charge in [0.25, 0.3) is 0 Å². The van der Waals surface area contributed by atoms with Crippen LogP contribution in [0.3, 0.4) is 0 Å². The van der Waals surface area contributed by atoms with Crippen LogP contribution in [0, 0.1) is 0 Å². The fourth-order valence-electron chi connectivity index (χ4n) is 3.01. The minimum absolute atomic E-state index is 0.0515. The van der Waals surface area contributed by atoms with E-state index < -0.39 is 0 Å². The Morgan fingerprint density at radius 2 is 1.70 bits per heavy atom. The summed E-state index contributed by atoms with van der Waals surface area (Å²) in [7, 11) is 0. The second-order valence-electron chi connectivity index (χ2n) is 7.24. The molecule has 3 N–H and O–H groups in total. The summed E-state index contributed by atoms with van der Waals surface area (Å²) >= 11 is 0. The lowest BCUT2D eigenvalue weighted by molar-refractivity contribution is -0.114. The molecule has 6 heteroatoms. The van der Waals surface area contributed by atoms with Gasteiger partial charge in [0.15, 0.2) is 5.96 Å². The molecule has 1 rings (SSSR count). The zero-order valence-electron chi connectivity index (χ0n) is 17.8. The first-order chi connectivity index (χ1) is 12.8. The van der Waals surface area contributed by atoms with E-state index in [1.54, 1.807) is 0 Å². The maximum Gasteiger partial charge on any atom is 0.221 e. The molecule has 0 aromatic heterocycles. The van der Waals surface area contributed by atoms with Crippen LogP contribution in [-0.4, -0.2) is 55.0 Å². The molecule has 0 radical (unpaired) electrons. The molecule has 0 saturated heterocycles. The molecule has 0 unspecified atom stereocenters. The molecule has 0 atom stereocenters. The fraction of sp³-hybridized carbons (Fsp3) is 0.619. The van der Waals surface area contributed by atoms with Crippen LogP contribution in [-0.2, 0) is 11.2 Å². The molecular weight excluding hydrogens is 338 g/mol. The first-order valence-corrected chi connectivity index (χ1v) is 9.98. The molecule has 152 valence electrons. The van der Waals surface area contributed by atoms with E-state index in [1.807, 2.05) is 24.3 Å². The van der Waals surface area contributed by atoms with Crippen LogP contribution in [0.15, 0.2) is 29.3 Å². The predicted molar refractivity (Wildman–Crippen MR) is 115 cm³/mol. The molecule has 0 saturated carbocycles. The van der Waals surface area contributed by atoms with Crippen LogP contribution in [0.5, 0.6) is 0 Å². The van der Waals surface area contributed by atoms with Crippen LogP contribution >= 0.6 is 0 Å². The maximum absolute atomic E-state index is 11.1. The molecule has 1 aromatic carbocycles. The Bertz CT molecular complexity index is 573. The smallest absolute Gasteiger partial charge is 0.221 e. The molecule has 0 heterocycles. The molecular formula is C21H37N5O. The van der Waals surface area contributed by atoms with Crippen LogP contribution in [0.2, 0.25) is 0 Å². The molecule has 27 heavy (non-hydrogen) atoms. The second kappa shape index (κ2) is 12.3. The van der Waals surface area contributed by atoms with Gasteiger partial charge in [-0.3, -0.25) is 14.7 Å². The number of hydrogen-bond donors (Lipinski definition) is 3. The molecule has 0 spiro atoms. The molecule has 0 aliphatic heterocycles. The summed E-state index contributed by atoms with van der Waals surface area (Å²) in [6.45, 7) is 15.9. The Balaban J connectivity index is 2.48. The molecule has 0 bridgehead atoms. The highest BCUT2D eigenvalue weighted by atomic mass is 16.1. The lowest BCUT2D eigenvalue weighted by Gasteiger charge is -2.29. The lowest BCUT2D eigenvalue weighted by Crippen LogP contribution is -2.41. The van der Waals surface area contributed by atoms with Crippen LogP contribution in [0.1, 0.15) is 47.1 Å². The van der Waals surface area contributed by atoms with Crippen molar-refractivity contribution in [3.63, 3.8) is 0 Å². The van der Waals surface area contributed by atoms with Crippen molar-refractivity contribution in [2.45, 2.75) is 60.0 Å². The number of aliphatic imine (C=N–C) groups is 1. The zero-order valence-corrected chi connectivity index (χ0v) is 17.8.